The van der Waals surface area contributed by atoms with Gasteiger partial charge in [-0.2, -0.15) is 4.31 Å². The van der Waals surface area contributed by atoms with E-state index in [0.717, 1.165) is 5.56 Å². The lowest BCUT2D eigenvalue weighted by molar-refractivity contribution is 0.345. The molecule has 0 radical (unpaired) electrons. The van der Waals surface area contributed by atoms with Gasteiger partial charge in [0.05, 0.1) is 6.33 Å². The number of sulfonamides is 1. The number of hydrogen-bond acceptors (Lipinski definition) is 5. The summed E-state index contributed by atoms with van der Waals surface area (Å²) in [6, 6.07) is 3.40. The molecule has 21 heavy (non-hydrogen) atoms. The summed E-state index contributed by atoms with van der Waals surface area (Å²) in [5.74, 6) is 0.00865. The summed E-state index contributed by atoms with van der Waals surface area (Å²) in [7, 11) is -2.13. The van der Waals surface area contributed by atoms with Gasteiger partial charge in [0.1, 0.15) is 0 Å². The van der Waals surface area contributed by atoms with Crippen molar-refractivity contribution in [3.05, 3.63) is 36.4 Å². The average Bonchev–Trinajstić information content (AvgIpc) is 2.76. The molecule has 0 saturated carbocycles. The Morgan fingerprint density at radius 2 is 2.14 bits per heavy atom. The van der Waals surface area contributed by atoms with Crippen LogP contribution in [-0.2, 0) is 23.6 Å². The van der Waals surface area contributed by atoms with E-state index in [1.165, 1.54) is 15.2 Å². The minimum Gasteiger partial charge on any atom is -0.381 e. The van der Waals surface area contributed by atoms with Crippen molar-refractivity contribution in [3.8, 4) is 0 Å². The van der Waals surface area contributed by atoms with Crippen molar-refractivity contribution in [1.82, 2.24) is 18.8 Å². The number of nitrogens with zero attached hydrogens (tertiary/aromatic N) is 4. The SMILES string of the molecule is CC(C)N(Cc1cccnc1)S(=O)(=O)c1c(N)ncn1C. The Labute approximate surface area is 124 Å². The fourth-order valence-corrected chi connectivity index (χ4v) is 3.90. The Kier molecular flexibility index (Phi) is 4.29. The summed E-state index contributed by atoms with van der Waals surface area (Å²) < 4.78 is 28.5. The Balaban J connectivity index is 2.43. The van der Waals surface area contributed by atoms with Crippen LogP contribution in [0.4, 0.5) is 5.82 Å². The highest BCUT2D eigenvalue weighted by molar-refractivity contribution is 7.89. The highest BCUT2D eigenvalue weighted by Gasteiger charge is 2.32. The molecule has 0 atom stereocenters. The van der Waals surface area contributed by atoms with Crippen molar-refractivity contribution in [2.75, 3.05) is 5.73 Å². The maximum Gasteiger partial charge on any atom is 0.263 e. The van der Waals surface area contributed by atoms with Crippen LogP contribution >= 0.6 is 0 Å². The second-order valence-electron chi connectivity index (χ2n) is 5.05. The first kappa shape index (κ1) is 15.5. The van der Waals surface area contributed by atoms with Gasteiger partial charge in [0.15, 0.2) is 10.8 Å². The molecule has 0 aliphatic heterocycles. The summed E-state index contributed by atoms with van der Waals surface area (Å²) in [4.78, 5) is 7.87. The van der Waals surface area contributed by atoms with E-state index < -0.39 is 10.0 Å². The van der Waals surface area contributed by atoms with Gasteiger partial charge in [-0.05, 0) is 25.5 Å². The molecule has 114 valence electrons. The Hall–Kier alpha value is -1.93. The summed E-state index contributed by atoms with van der Waals surface area (Å²) in [6.45, 7) is 3.87. The van der Waals surface area contributed by atoms with Crippen LogP contribution in [0, 0.1) is 0 Å². The smallest absolute Gasteiger partial charge is 0.263 e. The summed E-state index contributed by atoms with van der Waals surface area (Å²) in [6.07, 6.45) is 4.69. The maximum absolute atomic E-state index is 12.8. The number of aryl methyl sites for hydroxylation is 1. The van der Waals surface area contributed by atoms with E-state index in [9.17, 15) is 8.42 Å². The second kappa shape index (κ2) is 5.82. The normalized spacial score (nSPS) is 12.2. The molecule has 2 rings (SSSR count). The molecule has 0 aromatic carbocycles. The van der Waals surface area contributed by atoms with Crippen LogP contribution in [0.2, 0.25) is 0 Å². The van der Waals surface area contributed by atoms with Gasteiger partial charge < -0.3 is 10.3 Å². The molecule has 0 amide bonds. The van der Waals surface area contributed by atoms with Crippen molar-refractivity contribution in [3.63, 3.8) is 0 Å². The minimum absolute atomic E-state index is 0.00865. The molecule has 7 nitrogen and oxygen atoms in total. The molecule has 0 aliphatic carbocycles. The molecule has 0 spiro atoms. The summed E-state index contributed by atoms with van der Waals surface area (Å²) in [5.41, 5.74) is 6.52. The third-order valence-corrected chi connectivity index (χ3v) is 5.25. The van der Waals surface area contributed by atoms with Gasteiger partial charge in [0.25, 0.3) is 10.0 Å². The molecule has 0 unspecified atom stereocenters. The van der Waals surface area contributed by atoms with Crippen LogP contribution < -0.4 is 5.73 Å². The lowest BCUT2D eigenvalue weighted by atomic mass is 10.2. The number of nitrogens with two attached hydrogens (primary N) is 1. The van der Waals surface area contributed by atoms with Crippen molar-refractivity contribution >= 4 is 15.8 Å². The Morgan fingerprint density at radius 1 is 1.43 bits per heavy atom. The average molecular weight is 309 g/mol. The van der Waals surface area contributed by atoms with E-state index in [1.807, 2.05) is 19.9 Å². The fraction of sp³-hybridized carbons (Fsp3) is 0.385. The van der Waals surface area contributed by atoms with Crippen LogP contribution in [0.25, 0.3) is 0 Å². The van der Waals surface area contributed by atoms with Gasteiger partial charge in [0.2, 0.25) is 0 Å². The zero-order chi connectivity index (χ0) is 15.6. The van der Waals surface area contributed by atoms with Gasteiger partial charge in [0, 0.05) is 32.0 Å². The molecule has 2 heterocycles. The lowest BCUT2D eigenvalue weighted by Crippen LogP contribution is -2.37. The van der Waals surface area contributed by atoms with Crippen LogP contribution in [0.1, 0.15) is 19.4 Å². The highest BCUT2D eigenvalue weighted by Crippen LogP contribution is 2.24. The van der Waals surface area contributed by atoms with E-state index in [1.54, 1.807) is 25.5 Å². The predicted octanol–water partition coefficient (Wildman–Crippen LogP) is 0.997. The first-order valence-electron chi connectivity index (χ1n) is 6.51. The zero-order valence-electron chi connectivity index (χ0n) is 12.3. The molecule has 0 fully saturated rings. The van der Waals surface area contributed by atoms with Gasteiger partial charge >= 0.3 is 0 Å². The van der Waals surface area contributed by atoms with Crippen LogP contribution in [0.15, 0.2) is 35.9 Å². The van der Waals surface area contributed by atoms with E-state index >= 15 is 0 Å². The monoisotopic (exact) mass is 309 g/mol. The molecular weight excluding hydrogens is 290 g/mol. The van der Waals surface area contributed by atoms with E-state index in [2.05, 4.69) is 9.97 Å². The molecule has 0 saturated heterocycles. The molecular formula is C13H19N5O2S. The standard InChI is InChI=1S/C13H19N5O2S/c1-10(2)18(8-11-5-4-6-15-7-11)21(19,20)13-12(14)16-9-17(13)3/h4-7,9-10H,8,14H2,1-3H3. The molecule has 2 aromatic heterocycles. The maximum atomic E-state index is 12.8. The van der Waals surface area contributed by atoms with Gasteiger partial charge in [-0.1, -0.05) is 6.07 Å². The number of aromatic nitrogens is 3. The fourth-order valence-electron chi connectivity index (χ4n) is 2.08. The molecule has 2 N–H and O–H groups in total. The number of imidazole rings is 1. The lowest BCUT2D eigenvalue weighted by Gasteiger charge is -2.26. The number of anilines is 1. The van der Waals surface area contributed by atoms with E-state index in [4.69, 9.17) is 5.73 Å². The molecule has 2 aromatic rings. The van der Waals surface area contributed by atoms with Gasteiger partial charge in [-0.25, -0.2) is 13.4 Å². The largest absolute Gasteiger partial charge is 0.381 e. The topological polar surface area (TPSA) is 94.1 Å². The Bertz CT molecular complexity index is 690. The number of rotatable bonds is 5. The van der Waals surface area contributed by atoms with Crippen molar-refractivity contribution in [1.29, 1.82) is 0 Å². The molecule has 0 aliphatic rings. The molecule has 8 heteroatoms. The Morgan fingerprint density at radius 3 is 2.62 bits per heavy atom. The number of hydrogen-bond donors (Lipinski definition) is 1. The summed E-state index contributed by atoms with van der Waals surface area (Å²) in [5, 5.41) is 0.0140. The van der Waals surface area contributed by atoms with Crippen molar-refractivity contribution in [2.24, 2.45) is 7.05 Å². The van der Waals surface area contributed by atoms with Crippen LogP contribution in [-0.4, -0.2) is 33.3 Å². The quantitative estimate of drug-likeness (QED) is 0.889. The van der Waals surface area contributed by atoms with Crippen molar-refractivity contribution < 1.29 is 8.42 Å². The zero-order valence-corrected chi connectivity index (χ0v) is 13.1. The van der Waals surface area contributed by atoms with Gasteiger partial charge in [-0.15, -0.1) is 0 Å². The van der Waals surface area contributed by atoms with E-state index in [0.29, 0.717) is 0 Å². The summed E-state index contributed by atoms with van der Waals surface area (Å²) >= 11 is 0. The van der Waals surface area contributed by atoms with Gasteiger partial charge in [-0.3, -0.25) is 4.98 Å². The third kappa shape index (κ3) is 3.06. The third-order valence-electron chi connectivity index (χ3n) is 3.10. The van der Waals surface area contributed by atoms with Crippen molar-refractivity contribution in [2.45, 2.75) is 31.5 Å². The van der Waals surface area contributed by atoms with E-state index in [-0.39, 0.29) is 23.4 Å². The predicted molar refractivity (Wildman–Crippen MR) is 79.7 cm³/mol. The second-order valence-corrected chi connectivity index (χ2v) is 6.86. The highest BCUT2D eigenvalue weighted by atomic mass is 32.2. The number of pyridine rings is 1. The minimum atomic E-state index is -3.74. The number of nitrogen functional groups attached to an aromatic ring is 1. The molecule has 0 bridgehead atoms. The first-order valence-corrected chi connectivity index (χ1v) is 7.95. The van der Waals surface area contributed by atoms with Crippen LogP contribution in [0.3, 0.4) is 0 Å². The van der Waals surface area contributed by atoms with Crippen LogP contribution in [0.5, 0.6) is 0 Å². The first-order chi connectivity index (χ1) is 9.84.